The zero-order valence-corrected chi connectivity index (χ0v) is 12.9. The number of alkyl halides is 1. The van der Waals surface area contributed by atoms with Gasteiger partial charge in [0.15, 0.2) is 0 Å². The van der Waals surface area contributed by atoms with Crippen LogP contribution in [-0.2, 0) is 11.2 Å². The fourth-order valence-corrected chi connectivity index (χ4v) is 3.14. The highest BCUT2D eigenvalue weighted by molar-refractivity contribution is 6.18. The third-order valence-electron chi connectivity index (χ3n) is 4.29. The van der Waals surface area contributed by atoms with Crippen molar-refractivity contribution in [3.8, 4) is 0 Å². The fraction of sp³-hybridized carbons (Fsp3) is 0.562. The molecule has 1 N–H and O–H groups in total. The molecule has 0 aliphatic heterocycles. The van der Waals surface area contributed by atoms with E-state index in [1.54, 1.807) is 0 Å². The highest BCUT2D eigenvalue weighted by atomic mass is 35.5. The molecule has 0 heterocycles. The molecule has 21 heavy (non-hydrogen) atoms. The third-order valence-corrected chi connectivity index (χ3v) is 4.80. The number of carbonyl (C=O) groups is 1. The number of halogens is 3. The lowest BCUT2D eigenvalue weighted by atomic mass is 9.78. The second-order valence-corrected chi connectivity index (χ2v) is 6.29. The highest BCUT2D eigenvalue weighted by Gasteiger charge is 2.35. The maximum atomic E-state index is 13.6. The highest BCUT2D eigenvalue weighted by Crippen LogP contribution is 2.32. The van der Waals surface area contributed by atoms with Gasteiger partial charge >= 0.3 is 0 Å². The molecular formula is C16H20ClF2NO. The standard InChI is InChI=1S/C16H20ClF2NO/c1-11-5-7-16(10-17,8-6-11)20-15(21)9-12-13(18)3-2-4-14(12)19/h2-4,11H,5-10H2,1H3,(H,20,21). The van der Waals surface area contributed by atoms with Crippen LogP contribution >= 0.6 is 11.6 Å². The van der Waals surface area contributed by atoms with Gasteiger partial charge in [-0.25, -0.2) is 8.78 Å². The summed E-state index contributed by atoms with van der Waals surface area (Å²) < 4.78 is 27.1. The molecule has 1 aromatic rings. The molecule has 116 valence electrons. The average Bonchev–Trinajstić information content (AvgIpc) is 2.46. The Hall–Kier alpha value is -1.16. The van der Waals surface area contributed by atoms with Gasteiger partial charge in [-0.05, 0) is 43.7 Å². The maximum absolute atomic E-state index is 13.6. The summed E-state index contributed by atoms with van der Waals surface area (Å²) in [4.78, 5) is 12.1. The molecule has 0 saturated heterocycles. The molecule has 5 heteroatoms. The summed E-state index contributed by atoms with van der Waals surface area (Å²) in [7, 11) is 0. The molecule has 0 aromatic heterocycles. The van der Waals surface area contributed by atoms with Gasteiger partial charge in [-0.1, -0.05) is 13.0 Å². The van der Waals surface area contributed by atoms with Crippen LogP contribution in [0.4, 0.5) is 8.78 Å². The normalized spacial score (nSPS) is 25.6. The van der Waals surface area contributed by atoms with Gasteiger partial charge in [0.2, 0.25) is 5.91 Å². The molecule has 1 aromatic carbocycles. The summed E-state index contributed by atoms with van der Waals surface area (Å²) in [6, 6.07) is 3.60. The molecule has 2 nitrogen and oxygen atoms in total. The molecule has 1 saturated carbocycles. The van der Waals surface area contributed by atoms with Crippen molar-refractivity contribution in [2.24, 2.45) is 5.92 Å². The quantitative estimate of drug-likeness (QED) is 0.841. The number of benzene rings is 1. The number of rotatable bonds is 4. The van der Waals surface area contributed by atoms with E-state index in [0.717, 1.165) is 37.8 Å². The smallest absolute Gasteiger partial charge is 0.225 e. The predicted octanol–water partition coefficient (Wildman–Crippen LogP) is 3.81. The van der Waals surface area contributed by atoms with Crippen LogP contribution in [0.1, 0.15) is 38.2 Å². The maximum Gasteiger partial charge on any atom is 0.225 e. The molecule has 2 rings (SSSR count). The first-order chi connectivity index (χ1) is 9.96. The fourth-order valence-electron chi connectivity index (χ4n) is 2.81. The van der Waals surface area contributed by atoms with E-state index in [1.165, 1.54) is 6.07 Å². The minimum atomic E-state index is -0.692. The zero-order chi connectivity index (χ0) is 15.5. The van der Waals surface area contributed by atoms with Crippen molar-refractivity contribution in [3.63, 3.8) is 0 Å². The van der Waals surface area contributed by atoms with Gasteiger partial charge < -0.3 is 5.32 Å². The summed E-state index contributed by atoms with van der Waals surface area (Å²) >= 11 is 6.03. The number of carbonyl (C=O) groups excluding carboxylic acids is 1. The molecule has 1 aliphatic rings. The van der Waals surface area contributed by atoms with E-state index < -0.39 is 17.2 Å². The Morgan fingerprint density at radius 2 is 1.90 bits per heavy atom. The van der Waals surface area contributed by atoms with Crippen molar-refractivity contribution < 1.29 is 13.6 Å². The molecule has 1 aliphatic carbocycles. The zero-order valence-electron chi connectivity index (χ0n) is 12.1. The van der Waals surface area contributed by atoms with Gasteiger partial charge in [0.1, 0.15) is 11.6 Å². The Morgan fingerprint density at radius 3 is 2.43 bits per heavy atom. The van der Waals surface area contributed by atoms with E-state index >= 15 is 0 Å². The van der Waals surface area contributed by atoms with Crippen LogP contribution in [-0.4, -0.2) is 17.3 Å². The van der Waals surface area contributed by atoms with Crippen LogP contribution in [0.15, 0.2) is 18.2 Å². The van der Waals surface area contributed by atoms with Gasteiger partial charge in [-0.3, -0.25) is 4.79 Å². The first-order valence-electron chi connectivity index (χ1n) is 7.25. The first kappa shape index (κ1) is 16.2. The second kappa shape index (κ2) is 6.73. The molecular weight excluding hydrogens is 296 g/mol. The molecule has 0 atom stereocenters. The summed E-state index contributed by atoms with van der Waals surface area (Å²) in [6.07, 6.45) is 3.32. The summed E-state index contributed by atoms with van der Waals surface area (Å²) in [5, 5.41) is 2.90. The Labute approximate surface area is 128 Å². The van der Waals surface area contributed by atoms with E-state index in [4.69, 9.17) is 11.6 Å². The molecule has 1 fully saturated rings. The minimum absolute atomic E-state index is 0.191. The first-order valence-corrected chi connectivity index (χ1v) is 7.79. The SMILES string of the molecule is CC1CCC(CCl)(NC(=O)Cc2c(F)cccc2F)CC1. The second-order valence-electron chi connectivity index (χ2n) is 6.02. The average molecular weight is 316 g/mol. The van der Waals surface area contributed by atoms with E-state index in [-0.39, 0.29) is 17.9 Å². The van der Waals surface area contributed by atoms with Gasteiger partial charge in [-0.2, -0.15) is 0 Å². The monoisotopic (exact) mass is 315 g/mol. The van der Waals surface area contributed by atoms with Gasteiger partial charge in [0.05, 0.1) is 12.0 Å². The molecule has 0 unspecified atom stereocenters. The number of hydrogen-bond donors (Lipinski definition) is 1. The van der Waals surface area contributed by atoms with E-state index in [2.05, 4.69) is 12.2 Å². The lowest BCUT2D eigenvalue weighted by Gasteiger charge is -2.38. The number of amides is 1. The van der Waals surface area contributed by atoms with Crippen LogP contribution in [0.25, 0.3) is 0 Å². The van der Waals surface area contributed by atoms with Crippen molar-refractivity contribution >= 4 is 17.5 Å². The van der Waals surface area contributed by atoms with Gasteiger partial charge in [0.25, 0.3) is 0 Å². The van der Waals surface area contributed by atoms with E-state index in [1.807, 2.05) is 0 Å². The van der Waals surface area contributed by atoms with Crippen LogP contribution in [0.3, 0.4) is 0 Å². The topological polar surface area (TPSA) is 29.1 Å². The van der Waals surface area contributed by atoms with Crippen molar-refractivity contribution in [1.29, 1.82) is 0 Å². The third kappa shape index (κ3) is 3.94. The Balaban J connectivity index is 2.04. The van der Waals surface area contributed by atoms with E-state index in [9.17, 15) is 13.6 Å². The van der Waals surface area contributed by atoms with Crippen molar-refractivity contribution in [1.82, 2.24) is 5.32 Å². The van der Waals surface area contributed by atoms with Gasteiger partial charge in [-0.15, -0.1) is 11.6 Å². The van der Waals surface area contributed by atoms with Crippen molar-refractivity contribution in [2.75, 3.05) is 5.88 Å². The van der Waals surface area contributed by atoms with Crippen molar-refractivity contribution in [3.05, 3.63) is 35.4 Å². The van der Waals surface area contributed by atoms with Crippen LogP contribution < -0.4 is 5.32 Å². The lowest BCUT2D eigenvalue weighted by molar-refractivity contribution is -0.122. The van der Waals surface area contributed by atoms with E-state index in [0.29, 0.717) is 11.8 Å². The lowest BCUT2D eigenvalue weighted by Crippen LogP contribution is -2.52. The predicted molar refractivity (Wildman–Crippen MR) is 79.3 cm³/mol. The Kier molecular flexibility index (Phi) is 5.20. The number of hydrogen-bond acceptors (Lipinski definition) is 1. The van der Waals surface area contributed by atoms with Gasteiger partial charge in [0, 0.05) is 11.4 Å². The largest absolute Gasteiger partial charge is 0.349 e. The molecule has 1 amide bonds. The minimum Gasteiger partial charge on any atom is -0.349 e. The summed E-state index contributed by atoms with van der Waals surface area (Å²) in [5.41, 5.74) is -0.628. The number of nitrogens with one attached hydrogen (secondary N) is 1. The summed E-state index contributed by atoms with van der Waals surface area (Å²) in [5.74, 6) is -0.813. The van der Waals surface area contributed by atoms with Crippen LogP contribution in [0.5, 0.6) is 0 Å². The molecule has 0 radical (unpaired) electrons. The summed E-state index contributed by atoms with van der Waals surface area (Å²) in [6.45, 7) is 2.18. The molecule has 0 bridgehead atoms. The Bertz CT molecular complexity index is 493. The van der Waals surface area contributed by atoms with Crippen LogP contribution in [0, 0.1) is 17.6 Å². The van der Waals surface area contributed by atoms with Crippen molar-refractivity contribution in [2.45, 2.75) is 44.6 Å². The Morgan fingerprint density at radius 1 is 1.33 bits per heavy atom. The van der Waals surface area contributed by atoms with Crippen LogP contribution in [0.2, 0.25) is 0 Å². The molecule has 0 spiro atoms.